The van der Waals surface area contributed by atoms with Crippen molar-refractivity contribution in [2.24, 2.45) is 0 Å². The Morgan fingerprint density at radius 1 is 1.07 bits per heavy atom. The standard InChI is InChI=1S/C7H8.C2H3N.C2H6.CH4O/c1-7-5-3-2-4-6-7;1-2-3;2*1-2/h2-6H,1H3;1H3;1-2H3;2H,1H3. The normalized spacial score (nSPS) is 5.79. The number of nitriles is 1. The Labute approximate surface area is 87.8 Å². The first-order valence-electron chi connectivity index (χ1n) is 4.58. The minimum Gasteiger partial charge on any atom is -0.400 e. The fraction of sp³-hybridized carbons (Fsp3) is 0.417. The molecule has 0 atom stereocenters. The summed E-state index contributed by atoms with van der Waals surface area (Å²) in [5.41, 5.74) is 1.32. The average molecular weight is 195 g/mol. The van der Waals surface area contributed by atoms with E-state index in [1.54, 1.807) is 6.07 Å². The van der Waals surface area contributed by atoms with Gasteiger partial charge in [-0.1, -0.05) is 49.7 Å². The molecule has 2 nitrogen and oxygen atoms in total. The Kier molecular flexibility index (Phi) is 29.8. The summed E-state index contributed by atoms with van der Waals surface area (Å²) in [5.74, 6) is 0. The molecule has 1 N–H and O–H groups in total. The van der Waals surface area contributed by atoms with E-state index in [0.717, 1.165) is 7.11 Å². The molecular weight excluding hydrogens is 174 g/mol. The molecule has 0 bridgehead atoms. The van der Waals surface area contributed by atoms with Gasteiger partial charge in [0.25, 0.3) is 0 Å². The van der Waals surface area contributed by atoms with E-state index >= 15 is 0 Å². The predicted molar refractivity (Wildman–Crippen MR) is 62.0 cm³/mol. The van der Waals surface area contributed by atoms with Crippen LogP contribution in [0.2, 0.25) is 0 Å². The summed E-state index contributed by atoms with van der Waals surface area (Å²) in [6.07, 6.45) is 0. The average Bonchev–Trinajstić information content (AvgIpc) is 2.26. The van der Waals surface area contributed by atoms with Crippen LogP contribution < -0.4 is 0 Å². The first-order chi connectivity index (χ1) is 6.81. The van der Waals surface area contributed by atoms with E-state index in [9.17, 15) is 0 Å². The van der Waals surface area contributed by atoms with Crippen LogP contribution in [0.1, 0.15) is 26.3 Å². The van der Waals surface area contributed by atoms with E-state index in [0.29, 0.717) is 0 Å². The monoisotopic (exact) mass is 195 g/mol. The molecule has 0 spiro atoms. The number of aliphatic hydroxyl groups excluding tert-OH is 1. The maximum absolute atomic E-state index is 7.32. The quantitative estimate of drug-likeness (QED) is 0.691. The van der Waals surface area contributed by atoms with Crippen LogP contribution in [0, 0.1) is 18.3 Å². The molecule has 0 saturated heterocycles. The molecule has 1 aromatic rings. The van der Waals surface area contributed by atoms with Crippen molar-refractivity contribution < 1.29 is 5.11 Å². The summed E-state index contributed by atoms with van der Waals surface area (Å²) in [4.78, 5) is 0. The highest BCUT2D eigenvalue weighted by Crippen LogP contribution is 1.92. The van der Waals surface area contributed by atoms with Crippen molar-refractivity contribution in [1.29, 1.82) is 5.26 Å². The second-order valence-electron chi connectivity index (χ2n) is 1.88. The fourth-order valence-corrected chi connectivity index (χ4v) is 0.534. The lowest BCUT2D eigenvalue weighted by molar-refractivity contribution is 0.399. The minimum absolute atomic E-state index is 1.00. The van der Waals surface area contributed by atoms with Crippen molar-refractivity contribution in [1.82, 2.24) is 0 Å². The van der Waals surface area contributed by atoms with E-state index < -0.39 is 0 Å². The van der Waals surface area contributed by atoms with Gasteiger partial charge in [0.2, 0.25) is 0 Å². The molecule has 0 fully saturated rings. The summed E-state index contributed by atoms with van der Waals surface area (Å²) in [6, 6.07) is 12.0. The SMILES string of the molecule is CC.CC#N.CO.Cc1ccccc1. The zero-order chi connectivity index (χ0) is 11.8. The summed E-state index contributed by atoms with van der Waals surface area (Å²) in [5, 5.41) is 14.3. The van der Waals surface area contributed by atoms with Crippen molar-refractivity contribution in [3.8, 4) is 6.07 Å². The lowest BCUT2D eigenvalue weighted by atomic mass is 10.2. The summed E-state index contributed by atoms with van der Waals surface area (Å²) < 4.78 is 0. The van der Waals surface area contributed by atoms with Crippen LogP contribution in [-0.4, -0.2) is 12.2 Å². The van der Waals surface area contributed by atoms with Gasteiger partial charge in [-0.25, -0.2) is 0 Å². The van der Waals surface area contributed by atoms with Gasteiger partial charge in [-0.15, -0.1) is 0 Å². The van der Waals surface area contributed by atoms with E-state index in [-0.39, 0.29) is 0 Å². The Balaban J connectivity index is -0.000000148. The van der Waals surface area contributed by atoms with Gasteiger partial charge in [-0.2, -0.15) is 5.26 Å². The first-order valence-corrected chi connectivity index (χ1v) is 4.58. The highest BCUT2D eigenvalue weighted by molar-refractivity contribution is 5.11. The maximum atomic E-state index is 7.32. The van der Waals surface area contributed by atoms with Gasteiger partial charge in [0, 0.05) is 14.0 Å². The Morgan fingerprint density at radius 2 is 1.36 bits per heavy atom. The molecule has 0 unspecified atom stereocenters. The van der Waals surface area contributed by atoms with E-state index in [4.69, 9.17) is 10.4 Å². The zero-order valence-corrected chi connectivity index (χ0v) is 9.78. The third-order valence-corrected chi connectivity index (χ3v) is 0.940. The minimum atomic E-state index is 1.00. The predicted octanol–water partition coefficient (Wildman–Crippen LogP) is 3.16. The van der Waals surface area contributed by atoms with Gasteiger partial charge in [0.1, 0.15) is 0 Å². The second kappa shape index (κ2) is 22.6. The molecule has 0 aliphatic carbocycles. The number of nitrogens with zero attached hydrogens (tertiary/aromatic N) is 1. The molecule has 0 aromatic heterocycles. The van der Waals surface area contributed by atoms with Crippen LogP contribution in [0.3, 0.4) is 0 Å². The largest absolute Gasteiger partial charge is 0.400 e. The highest BCUT2D eigenvalue weighted by atomic mass is 16.2. The number of hydrogen-bond donors (Lipinski definition) is 1. The van der Waals surface area contributed by atoms with Crippen molar-refractivity contribution in [3.63, 3.8) is 0 Å². The molecule has 14 heavy (non-hydrogen) atoms. The summed E-state index contributed by atoms with van der Waals surface area (Å²) >= 11 is 0. The number of aliphatic hydroxyl groups is 1. The molecule has 0 aliphatic rings. The molecule has 1 rings (SSSR count). The number of benzene rings is 1. The number of hydrogen-bond acceptors (Lipinski definition) is 2. The lowest BCUT2D eigenvalue weighted by Crippen LogP contribution is -1.62. The van der Waals surface area contributed by atoms with Crippen molar-refractivity contribution in [3.05, 3.63) is 35.9 Å². The van der Waals surface area contributed by atoms with Crippen LogP contribution in [0.5, 0.6) is 0 Å². The molecule has 0 aliphatic heterocycles. The molecule has 0 saturated carbocycles. The van der Waals surface area contributed by atoms with Gasteiger partial charge in [0.15, 0.2) is 0 Å². The van der Waals surface area contributed by atoms with Gasteiger partial charge in [-0.05, 0) is 6.92 Å². The van der Waals surface area contributed by atoms with Gasteiger partial charge < -0.3 is 5.11 Å². The lowest BCUT2D eigenvalue weighted by Gasteiger charge is -1.82. The Bertz CT molecular complexity index is 201. The van der Waals surface area contributed by atoms with E-state index in [1.807, 2.05) is 32.0 Å². The smallest absolute Gasteiger partial charge is 0.0587 e. The summed E-state index contributed by atoms with van der Waals surface area (Å²) in [6.45, 7) is 7.51. The zero-order valence-electron chi connectivity index (χ0n) is 9.78. The summed E-state index contributed by atoms with van der Waals surface area (Å²) in [7, 11) is 1.00. The third kappa shape index (κ3) is 22.4. The van der Waals surface area contributed by atoms with Crippen LogP contribution >= 0.6 is 0 Å². The van der Waals surface area contributed by atoms with Crippen LogP contribution in [0.25, 0.3) is 0 Å². The molecular formula is C12H21NO. The van der Waals surface area contributed by atoms with Crippen LogP contribution in [-0.2, 0) is 0 Å². The van der Waals surface area contributed by atoms with Crippen molar-refractivity contribution >= 4 is 0 Å². The van der Waals surface area contributed by atoms with Crippen molar-refractivity contribution in [2.75, 3.05) is 7.11 Å². The van der Waals surface area contributed by atoms with Gasteiger partial charge in [-0.3, -0.25) is 0 Å². The van der Waals surface area contributed by atoms with Gasteiger partial charge in [0.05, 0.1) is 6.07 Å². The van der Waals surface area contributed by atoms with Crippen LogP contribution in [0.15, 0.2) is 30.3 Å². The Hall–Kier alpha value is -1.33. The highest BCUT2D eigenvalue weighted by Gasteiger charge is 1.72. The van der Waals surface area contributed by atoms with Gasteiger partial charge >= 0.3 is 0 Å². The molecule has 0 amide bonds. The second-order valence-corrected chi connectivity index (χ2v) is 1.88. The maximum Gasteiger partial charge on any atom is 0.0587 e. The fourth-order valence-electron chi connectivity index (χ4n) is 0.534. The molecule has 0 radical (unpaired) electrons. The molecule has 1 aromatic carbocycles. The molecule has 2 heteroatoms. The third-order valence-electron chi connectivity index (χ3n) is 0.940. The number of aryl methyl sites for hydroxylation is 1. The van der Waals surface area contributed by atoms with E-state index in [2.05, 4.69) is 19.1 Å². The first kappa shape index (κ1) is 18.5. The Morgan fingerprint density at radius 3 is 1.50 bits per heavy atom. The van der Waals surface area contributed by atoms with Crippen molar-refractivity contribution in [2.45, 2.75) is 27.7 Å². The molecule has 0 heterocycles. The number of rotatable bonds is 0. The van der Waals surface area contributed by atoms with Crippen LogP contribution in [0.4, 0.5) is 0 Å². The molecule has 80 valence electrons. The topological polar surface area (TPSA) is 44.0 Å². The van der Waals surface area contributed by atoms with E-state index in [1.165, 1.54) is 12.5 Å².